The highest BCUT2D eigenvalue weighted by Gasteiger charge is 2.56. The largest absolute Gasteiger partial charge is 0.392 e. The lowest BCUT2D eigenvalue weighted by Crippen LogP contribution is -2.51. The number of fused-ring (bicyclic) bond motifs is 2. The van der Waals surface area contributed by atoms with E-state index in [1.165, 1.54) is 0 Å². The van der Waals surface area contributed by atoms with E-state index < -0.39 is 29.3 Å². The average molecular weight is 263 g/mol. The van der Waals surface area contributed by atoms with E-state index in [0.717, 1.165) is 0 Å². The highest BCUT2D eigenvalue weighted by molar-refractivity contribution is 5.81. The lowest BCUT2D eigenvalue weighted by Gasteiger charge is -2.41. The number of hydrogen-bond acceptors (Lipinski definition) is 1. The summed E-state index contributed by atoms with van der Waals surface area (Å²) in [6, 6.07) is 0. The van der Waals surface area contributed by atoms with Crippen LogP contribution in [0.4, 0.5) is 13.2 Å². The molecule has 2 rings (SSSR count). The maximum absolute atomic E-state index is 12.9. The summed E-state index contributed by atoms with van der Waals surface area (Å²) in [7, 11) is 0. The summed E-state index contributed by atoms with van der Waals surface area (Å²) >= 11 is 0. The number of halogens is 3. The Labute approximate surface area is 106 Å². The van der Waals surface area contributed by atoms with Crippen molar-refractivity contribution in [2.45, 2.75) is 39.8 Å². The predicted molar refractivity (Wildman–Crippen MR) is 61.8 cm³/mol. The summed E-state index contributed by atoms with van der Waals surface area (Å²) in [6.07, 6.45) is -2.91. The van der Waals surface area contributed by atoms with E-state index >= 15 is 0 Å². The third kappa shape index (κ3) is 2.36. The second-order valence-electron chi connectivity index (χ2n) is 6.63. The minimum absolute atomic E-state index is 0.0278. The zero-order valence-electron chi connectivity index (χ0n) is 11.0. The fourth-order valence-corrected chi connectivity index (χ4v) is 3.40. The molecule has 2 bridgehead atoms. The molecule has 0 radical (unpaired) electrons. The molecule has 1 aliphatic heterocycles. The SMILES string of the molecule is CC(C)(C)C(=O)N1CC2CCC(C1)C2C(F)(F)F. The number of amides is 1. The molecule has 104 valence electrons. The molecule has 2 aliphatic rings. The number of carbonyl (C=O) groups excluding carboxylic acids is 1. The van der Waals surface area contributed by atoms with Crippen LogP contribution >= 0.6 is 0 Å². The number of carbonyl (C=O) groups is 1. The van der Waals surface area contributed by atoms with Crippen molar-refractivity contribution in [1.82, 2.24) is 4.90 Å². The number of piperidine rings is 1. The van der Waals surface area contributed by atoms with Crippen molar-refractivity contribution < 1.29 is 18.0 Å². The summed E-state index contributed by atoms with van der Waals surface area (Å²) in [4.78, 5) is 13.8. The molecule has 0 N–H and O–H groups in total. The van der Waals surface area contributed by atoms with Crippen LogP contribution in [0.25, 0.3) is 0 Å². The highest BCUT2D eigenvalue weighted by atomic mass is 19.4. The summed E-state index contributed by atoms with van der Waals surface area (Å²) in [5, 5.41) is 0. The zero-order chi connectivity index (χ0) is 13.7. The minimum Gasteiger partial charge on any atom is -0.342 e. The Bertz CT molecular complexity index is 331. The lowest BCUT2D eigenvalue weighted by molar-refractivity contribution is -0.206. The molecule has 1 saturated heterocycles. The van der Waals surface area contributed by atoms with Gasteiger partial charge < -0.3 is 4.90 Å². The molecule has 0 spiro atoms. The number of likely N-dealkylation sites (tertiary alicyclic amines) is 1. The predicted octanol–water partition coefficient (Wildman–Crippen LogP) is 3.08. The number of alkyl halides is 3. The molecule has 0 aromatic rings. The van der Waals surface area contributed by atoms with Crippen molar-refractivity contribution >= 4 is 5.91 Å². The first-order chi connectivity index (χ1) is 8.10. The van der Waals surface area contributed by atoms with Gasteiger partial charge in [0, 0.05) is 18.5 Å². The smallest absolute Gasteiger partial charge is 0.342 e. The Morgan fingerprint density at radius 2 is 1.50 bits per heavy atom. The van der Waals surface area contributed by atoms with Crippen LogP contribution in [0.5, 0.6) is 0 Å². The van der Waals surface area contributed by atoms with Gasteiger partial charge in [0.2, 0.25) is 5.91 Å². The Morgan fingerprint density at radius 3 is 1.83 bits per heavy atom. The van der Waals surface area contributed by atoms with Crippen LogP contribution in [-0.4, -0.2) is 30.1 Å². The fourth-order valence-electron chi connectivity index (χ4n) is 3.40. The van der Waals surface area contributed by atoms with Gasteiger partial charge in [-0.05, 0) is 24.7 Å². The molecule has 2 fully saturated rings. The summed E-state index contributed by atoms with van der Waals surface area (Å²) in [6.45, 7) is 5.99. The van der Waals surface area contributed by atoms with Gasteiger partial charge in [0.1, 0.15) is 0 Å². The van der Waals surface area contributed by atoms with Gasteiger partial charge in [0.05, 0.1) is 5.92 Å². The van der Waals surface area contributed by atoms with Crippen molar-refractivity contribution in [3.8, 4) is 0 Å². The molecule has 0 aromatic heterocycles. The second kappa shape index (κ2) is 4.14. The Balaban J connectivity index is 2.12. The monoisotopic (exact) mass is 263 g/mol. The number of hydrogen-bond donors (Lipinski definition) is 0. The molecule has 1 saturated carbocycles. The Morgan fingerprint density at radius 1 is 1.06 bits per heavy atom. The normalized spacial score (nSPS) is 32.8. The van der Waals surface area contributed by atoms with E-state index in [2.05, 4.69) is 0 Å². The first-order valence-electron chi connectivity index (χ1n) is 6.47. The fraction of sp³-hybridized carbons (Fsp3) is 0.923. The molecule has 2 atom stereocenters. The van der Waals surface area contributed by atoms with Crippen LogP contribution in [0.2, 0.25) is 0 Å². The zero-order valence-corrected chi connectivity index (χ0v) is 11.0. The van der Waals surface area contributed by atoms with Crippen molar-refractivity contribution in [2.75, 3.05) is 13.1 Å². The maximum atomic E-state index is 12.9. The van der Waals surface area contributed by atoms with Crippen LogP contribution in [-0.2, 0) is 4.79 Å². The van der Waals surface area contributed by atoms with Crippen LogP contribution < -0.4 is 0 Å². The highest BCUT2D eigenvalue weighted by Crippen LogP contribution is 2.50. The summed E-state index contributed by atoms with van der Waals surface area (Å²) < 4.78 is 38.8. The Hall–Kier alpha value is -0.740. The van der Waals surface area contributed by atoms with Crippen LogP contribution in [0.3, 0.4) is 0 Å². The molecule has 2 unspecified atom stereocenters. The molecule has 1 aliphatic carbocycles. The third-order valence-corrected chi connectivity index (χ3v) is 4.14. The van der Waals surface area contributed by atoms with Gasteiger partial charge in [-0.25, -0.2) is 0 Å². The first kappa shape index (κ1) is 13.7. The van der Waals surface area contributed by atoms with E-state index in [4.69, 9.17) is 0 Å². The molecule has 0 aromatic carbocycles. The van der Waals surface area contributed by atoms with Crippen LogP contribution in [0, 0.1) is 23.2 Å². The van der Waals surface area contributed by atoms with Crippen molar-refractivity contribution in [3.05, 3.63) is 0 Å². The van der Waals surface area contributed by atoms with Gasteiger partial charge in [-0.1, -0.05) is 20.8 Å². The van der Waals surface area contributed by atoms with Gasteiger partial charge in [0.25, 0.3) is 0 Å². The van der Waals surface area contributed by atoms with Crippen LogP contribution in [0.15, 0.2) is 0 Å². The standard InChI is InChI=1S/C13H20F3NO/c1-12(2,3)11(18)17-6-8-4-5-9(7-17)10(8)13(14,15)16/h8-10H,4-7H2,1-3H3. The van der Waals surface area contributed by atoms with Crippen molar-refractivity contribution in [2.24, 2.45) is 23.2 Å². The summed E-state index contributed by atoms with van der Waals surface area (Å²) in [5.41, 5.74) is -0.509. The van der Waals surface area contributed by atoms with Crippen molar-refractivity contribution in [3.63, 3.8) is 0 Å². The van der Waals surface area contributed by atoms with Gasteiger partial charge in [-0.2, -0.15) is 13.2 Å². The molecular formula is C13H20F3NO. The number of rotatable bonds is 0. The third-order valence-electron chi connectivity index (χ3n) is 4.14. The van der Waals surface area contributed by atoms with Crippen LogP contribution in [0.1, 0.15) is 33.6 Å². The molecule has 5 heteroatoms. The van der Waals surface area contributed by atoms with E-state index in [1.54, 1.807) is 4.90 Å². The van der Waals surface area contributed by atoms with Gasteiger partial charge >= 0.3 is 6.18 Å². The molecule has 1 amide bonds. The van der Waals surface area contributed by atoms with E-state index in [9.17, 15) is 18.0 Å². The Kier molecular flexibility index (Phi) is 3.14. The molecular weight excluding hydrogens is 243 g/mol. The van der Waals surface area contributed by atoms with E-state index in [1.807, 2.05) is 20.8 Å². The lowest BCUT2D eigenvalue weighted by atomic mass is 9.83. The topological polar surface area (TPSA) is 20.3 Å². The van der Waals surface area contributed by atoms with Gasteiger partial charge in [-0.3, -0.25) is 4.79 Å². The van der Waals surface area contributed by atoms with Gasteiger partial charge in [0.15, 0.2) is 0 Å². The second-order valence-corrected chi connectivity index (χ2v) is 6.63. The first-order valence-corrected chi connectivity index (χ1v) is 6.47. The number of nitrogens with zero attached hydrogens (tertiary/aromatic N) is 1. The average Bonchev–Trinajstić information content (AvgIpc) is 2.48. The van der Waals surface area contributed by atoms with E-state index in [0.29, 0.717) is 12.8 Å². The maximum Gasteiger partial charge on any atom is 0.392 e. The molecule has 18 heavy (non-hydrogen) atoms. The van der Waals surface area contributed by atoms with Crippen molar-refractivity contribution in [1.29, 1.82) is 0 Å². The minimum atomic E-state index is -4.11. The molecule has 1 heterocycles. The summed E-state index contributed by atoms with van der Waals surface area (Å²) in [5.74, 6) is -2.01. The molecule has 2 nitrogen and oxygen atoms in total. The van der Waals surface area contributed by atoms with E-state index in [-0.39, 0.29) is 19.0 Å². The quantitative estimate of drug-likeness (QED) is 0.657. The van der Waals surface area contributed by atoms with Gasteiger partial charge in [-0.15, -0.1) is 0 Å².